The van der Waals surface area contributed by atoms with Crippen molar-refractivity contribution in [2.24, 2.45) is 5.92 Å². The van der Waals surface area contributed by atoms with Gasteiger partial charge in [-0.1, -0.05) is 6.42 Å². The van der Waals surface area contributed by atoms with Gasteiger partial charge in [0.15, 0.2) is 0 Å². The molecule has 0 aromatic carbocycles. The fourth-order valence-corrected chi connectivity index (χ4v) is 4.02. The van der Waals surface area contributed by atoms with E-state index < -0.39 is 10.2 Å². The maximum Gasteiger partial charge on any atom is 0.279 e. The summed E-state index contributed by atoms with van der Waals surface area (Å²) in [5, 5.41) is 3.40. The van der Waals surface area contributed by atoms with Gasteiger partial charge in [0.1, 0.15) is 0 Å². The van der Waals surface area contributed by atoms with E-state index in [9.17, 15) is 8.42 Å². The minimum atomic E-state index is -3.24. The Morgan fingerprint density at radius 2 is 1.94 bits per heavy atom. The van der Waals surface area contributed by atoms with Crippen molar-refractivity contribution in [3.63, 3.8) is 0 Å². The Balaban J connectivity index is 1.77. The fourth-order valence-electron chi connectivity index (χ4n) is 2.65. The number of nitrogens with zero attached hydrogens (tertiary/aromatic N) is 1. The molecule has 2 aliphatic heterocycles. The highest BCUT2D eigenvalue weighted by atomic mass is 32.2. The highest BCUT2D eigenvalue weighted by Crippen LogP contribution is 2.15. The molecule has 0 amide bonds. The van der Waals surface area contributed by atoms with Crippen molar-refractivity contribution in [2.75, 3.05) is 26.2 Å². The van der Waals surface area contributed by atoms with Gasteiger partial charge in [-0.05, 0) is 45.1 Å². The lowest BCUT2D eigenvalue weighted by atomic mass is 9.96. The van der Waals surface area contributed by atoms with E-state index in [0.717, 1.165) is 38.6 Å². The van der Waals surface area contributed by atoms with E-state index in [4.69, 9.17) is 0 Å². The Hall–Kier alpha value is -0.170. The lowest BCUT2D eigenvalue weighted by Gasteiger charge is -2.30. The smallest absolute Gasteiger partial charge is 0.279 e. The molecule has 0 aliphatic carbocycles. The van der Waals surface area contributed by atoms with Crippen LogP contribution in [0.2, 0.25) is 0 Å². The van der Waals surface area contributed by atoms with Crippen LogP contribution in [0, 0.1) is 5.92 Å². The Bertz CT molecular complexity index is 344. The average Bonchev–Trinajstić information content (AvgIpc) is 2.39. The number of hydrogen-bond acceptors (Lipinski definition) is 3. The van der Waals surface area contributed by atoms with Crippen molar-refractivity contribution in [3.8, 4) is 0 Å². The van der Waals surface area contributed by atoms with Crippen molar-refractivity contribution in [2.45, 2.75) is 45.1 Å². The molecule has 0 aromatic rings. The van der Waals surface area contributed by atoms with Crippen LogP contribution >= 0.6 is 0 Å². The first kappa shape index (κ1) is 14.2. The number of hydrogen-bond donors (Lipinski definition) is 2. The summed E-state index contributed by atoms with van der Waals surface area (Å²) in [5.74, 6) is 0.431. The topological polar surface area (TPSA) is 61.4 Å². The lowest BCUT2D eigenvalue weighted by molar-refractivity contribution is 0.313. The molecule has 0 aromatic heterocycles. The summed E-state index contributed by atoms with van der Waals surface area (Å²) in [5.41, 5.74) is 0. The van der Waals surface area contributed by atoms with Crippen LogP contribution in [0.4, 0.5) is 0 Å². The van der Waals surface area contributed by atoms with E-state index in [2.05, 4.69) is 17.0 Å². The summed E-state index contributed by atoms with van der Waals surface area (Å²) in [6, 6.07) is 0.569. The molecule has 5 nitrogen and oxygen atoms in total. The summed E-state index contributed by atoms with van der Waals surface area (Å²) in [6.07, 6.45) is 5.37. The van der Waals surface area contributed by atoms with E-state index in [0.29, 0.717) is 31.6 Å². The van der Waals surface area contributed by atoms with Gasteiger partial charge >= 0.3 is 0 Å². The van der Waals surface area contributed by atoms with Crippen molar-refractivity contribution in [1.82, 2.24) is 14.3 Å². The van der Waals surface area contributed by atoms with Gasteiger partial charge in [-0.3, -0.25) is 0 Å². The van der Waals surface area contributed by atoms with Gasteiger partial charge in [-0.25, -0.2) is 4.72 Å². The largest absolute Gasteiger partial charge is 0.314 e. The molecule has 106 valence electrons. The van der Waals surface area contributed by atoms with E-state index in [1.165, 1.54) is 0 Å². The highest BCUT2D eigenvalue weighted by molar-refractivity contribution is 7.87. The summed E-state index contributed by atoms with van der Waals surface area (Å²) >= 11 is 0. The van der Waals surface area contributed by atoms with E-state index >= 15 is 0 Å². The molecular formula is C12H25N3O2S. The van der Waals surface area contributed by atoms with Gasteiger partial charge in [0.2, 0.25) is 0 Å². The van der Waals surface area contributed by atoms with Gasteiger partial charge in [-0.2, -0.15) is 12.7 Å². The molecular weight excluding hydrogens is 250 g/mol. The van der Waals surface area contributed by atoms with Gasteiger partial charge in [0.25, 0.3) is 10.2 Å². The number of rotatable bonds is 4. The molecule has 2 saturated heterocycles. The van der Waals surface area contributed by atoms with Crippen LogP contribution in [0.5, 0.6) is 0 Å². The first-order chi connectivity index (χ1) is 8.58. The van der Waals surface area contributed by atoms with Gasteiger partial charge < -0.3 is 5.32 Å². The van der Waals surface area contributed by atoms with Crippen LogP contribution in [0.15, 0.2) is 0 Å². The Kier molecular flexibility index (Phi) is 5.00. The van der Waals surface area contributed by atoms with Crippen molar-refractivity contribution in [3.05, 3.63) is 0 Å². The minimum absolute atomic E-state index is 0.431. The van der Waals surface area contributed by atoms with Crippen molar-refractivity contribution >= 4 is 10.2 Å². The zero-order valence-electron chi connectivity index (χ0n) is 11.2. The van der Waals surface area contributed by atoms with Crippen LogP contribution in [0.25, 0.3) is 0 Å². The molecule has 0 spiro atoms. The quantitative estimate of drug-likeness (QED) is 0.794. The third kappa shape index (κ3) is 3.91. The van der Waals surface area contributed by atoms with Crippen molar-refractivity contribution in [1.29, 1.82) is 0 Å². The average molecular weight is 275 g/mol. The van der Waals surface area contributed by atoms with Gasteiger partial charge in [0.05, 0.1) is 0 Å². The molecule has 2 N–H and O–H groups in total. The molecule has 2 rings (SSSR count). The summed E-state index contributed by atoms with van der Waals surface area (Å²) in [4.78, 5) is 0. The summed E-state index contributed by atoms with van der Waals surface area (Å²) in [6.45, 7) is 5.01. The monoisotopic (exact) mass is 275 g/mol. The molecule has 6 heteroatoms. The van der Waals surface area contributed by atoms with E-state index in [-0.39, 0.29) is 0 Å². The predicted molar refractivity (Wildman–Crippen MR) is 72.5 cm³/mol. The van der Waals surface area contributed by atoms with Crippen LogP contribution in [0.3, 0.4) is 0 Å². The molecule has 2 aliphatic rings. The third-order valence-corrected chi connectivity index (χ3v) is 5.55. The van der Waals surface area contributed by atoms with Crippen molar-refractivity contribution < 1.29 is 8.42 Å². The normalized spacial score (nSPS) is 31.4. The number of piperidine rings is 2. The maximum absolute atomic E-state index is 12.1. The first-order valence-corrected chi connectivity index (χ1v) is 8.50. The highest BCUT2D eigenvalue weighted by Gasteiger charge is 2.25. The standard InChI is InChI=1S/C12H25N3O2S/c1-11-5-6-12(9-13-11)10-14-18(16,17)15-7-3-2-4-8-15/h11-14H,2-10H2,1H3. The molecule has 2 atom stereocenters. The molecule has 2 unspecified atom stereocenters. The second-order valence-electron chi connectivity index (χ2n) is 5.57. The van der Waals surface area contributed by atoms with Gasteiger partial charge in [0, 0.05) is 25.7 Å². The fraction of sp³-hybridized carbons (Fsp3) is 1.00. The second-order valence-corrected chi connectivity index (χ2v) is 7.32. The Morgan fingerprint density at radius 1 is 1.22 bits per heavy atom. The van der Waals surface area contributed by atoms with E-state index in [1.807, 2.05) is 0 Å². The Morgan fingerprint density at radius 3 is 2.56 bits per heavy atom. The SMILES string of the molecule is CC1CCC(CNS(=O)(=O)N2CCCCC2)CN1. The summed E-state index contributed by atoms with van der Waals surface area (Å²) < 4.78 is 28.5. The molecule has 0 radical (unpaired) electrons. The third-order valence-electron chi connectivity index (χ3n) is 3.97. The molecule has 2 heterocycles. The zero-order valence-corrected chi connectivity index (χ0v) is 12.0. The van der Waals surface area contributed by atoms with Gasteiger partial charge in [-0.15, -0.1) is 0 Å². The van der Waals surface area contributed by atoms with Crippen LogP contribution in [0.1, 0.15) is 39.0 Å². The lowest BCUT2D eigenvalue weighted by Crippen LogP contribution is -2.47. The van der Waals surface area contributed by atoms with Crippen LogP contribution in [-0.2, 0) is 10.2 Å². The second kappa shape index (κ2) is 6.32. The zero-order chi connectivity index (χ0) is 13.0. The maximum atomic E-state index is 12.1. The summed E-state index contributed by atoms with van der Waals surface area (Å²) in [7, 11) is -3.24. The first-order valence-electron chi connectivity index (χ1n) is 7.06. The number of nitrogens with one attached hydrogen (secondary N) is 2. The molecule has 18 heavy (non-hydrogen) atoms. The Labute approximate surface area is 110 Å². The molecule has 0 saturated carbocycles. The van der Waals surface area contributed by atoms with E-state index in [1.54, 1.807) is 4.31 Å². The van der Waals surface area contributed by atoms with Crippen LogP contribution < -0.4 is 10.0 Å². The predicted octanol–water partition coefficient (Wildman–Crippen LogP) is 0.695. The molecule has 2 fully saturated rings. The minimum Gasteiger partial charge on any atom is -0.314 e. The molecule has 0 bridgehead atoms. The van der Waals surface area contributed by atoms with Crippen LogP contribution in [-0.4, -0.2) is 44.9 Å².